The molecule has 2 aromatic rings. The van der Waals surface area contributed by atoms with Gasteiger partial charge in [0.2, 0.25) is 0 Å². The summed E-state index contributed by atoms with van der Waals surface area (Å²) in [5, 5.41) is 0. The van der Waals surface area contributed by atoms with Crippen LogP contribution in [-0.2, 0) is 0 Å². The Labute approximate surface area is 148 Å². The second-order valence-corrected chi connectivity index (χ2v) is 7.34. The lowest BCUT2D eigenvalue weighted by Gasteiger charge is -2.24. The van der Waals surface area contributed by atoms with Crippen molar-refractivity contribution < 1.29 is 0 Å². The molecule has 0 aliphatic heterocycles. The molecule has 2 atom stereocenters. The van der Waals surface area contributed by atoms with E-state index in [0.29, 0.717) is 5.92 Å². The van der Waals surface area contributed by atoms with Gasteiger partial charge in [-0.1, -0.05) is 91.6 Å². The van der Waals surface area contributed by atoms with E-state index in [1.165, 1.54) is 40.7 Å². The lowest BCUT2D eigenvalue weighted by Crippen LogP contribution is -2.09. The van der Waals surface area contributed by atoms with Crippen LogP contribution in [0.1, 0.15) is 68.2 Å². The quantitative estimate of drug-likeness (QED) is 0.501. The highest BCUT2D eigenvalue weighted by molar-refractivity contribution is 5.52. The highest BCUT2D eigenvalue weighted by Gasteiger charge is 2.17. The zero-order valence-electron chi connectivity index (χ0n) is 16.0. The van der Waals surface area contributed by atoms with Crippen LogP contribution in [0.4, 0.5) is 0 Å². The van der Waals surface area contributed by atoms with Gasteiger partial charge >= 0.3 is 0 Å². The maximum atomic E-state index is 2.39. The van der Waals surface area contributed by atoms with E-state index in [1.54, 1.807) is 0 Å². The summed E-state index contributed by atoms with van der Waals surface area (Å²) in [5.41, 5.74) is 6.95. The van der Waals surface area contributed by atoms with Crippen molar-refractivity contribution in [3.63, 3.8) is 0 Å². The Bertz CT molecular complexity index is 643. The molecule has 0 aromatic heterocycles. The van der Waals surface area contributed by atoms with Crippen LogP contribution < -0.4 is 0 Å². The standard InChI is InChI=1S/C24H32/c1-6-21(5)24(23-14-9-19(3)10-15-23)16-11-20(4)17-22-12-7-18(2)8-13-22/h7-10,12-15,17,21,24H,6,11,16H2,1-5H3. The van der Waals surface area contributed by atoms with Crippen molar-refractivity contribution in [2.75, 3.05) is 0 Å². The van der Waals surface area contributed by atoms with Gasteiger partial charge in [-0.25, -0.2) is 0 Å². The first kappa shape index (κ1) is 18.5. The summed E-state index contributed by atoms with van der Waals surface area (Å²) in [7, 11) is 0. The Kier molecular flexibility index (Phi) is 6.85. The number of hydrogen-bond acceptors (Lipinski definition) is 0. The molecule has 0 spiro atoms. The molecule has 0 N–H and O–H groups in total. The minimum Gasteiger partial charge on any atom is -0.0727 e. The first-order valence-electron chi connectivity index (χ1n) is 9.30. The van der Waals surface area contributed by atoms with E-state index in [-0.39, 0.29) is 0 Å². The monoisotopic (exact) mass is 320 g/mol. The van der Waals surface area contributed by atoms with Crippen molar-refractivity contribution in [1.82, 2.24) is 0 Å². The van der Waals surface area contributed by atoms with E-state index in [1.807, 2.05) is 0 Å². The van der Waals surface area contributed by atoms with Gasteiger partial charge in [0.15, 0.2) is 0 Å². The van der Waals surface area contributed by atoms with E-state index >= 15 is 0 Å². The topological polar surface area (TPSA) is 0 Å². The second-order valence-electron chi connectivity index (χ2n) is 7.34. The molecular formula is C24H32. The Morgan fingerprint density at radius 3 is 2.00 bits per heavy atom. The van der Waals surface area contributed by atoms with Crippen molar-refractivity contribution in [3.8, 4) is 0 Å². The lowest BCUT2D eigenvalue weighted by molar-refractivity contribution is 0.422. The average molecular weight is 321 g/mol. The maximum Gasteiger partial charge on any atom is -0.0133 e. The summed E-state index contributed by atoms with van der Waals surface area (Å²) >= 11 is 0. The normalized spacial score (nSPS) is 14.5. The minimum absolute atomic E-state index is 0.650. The van der Waals surface area contributed by atoms with Crippen LogP contribution in [0.25, 0.3) is 6.08 Å². The van der Waals surface area contributed by atoms with Gasteiger partial charge in [0.05, 0.1) is 0 Å². The summed E-state index contributed by atoms with van der Waals surface area (Å²) in [6.45, 7) is 11.3. The molecule has 0 saturated carbocycles. The predicted molar refractivity (Wildman–Crippen MR) is 107 cm³/mol. The van der Waals surface area contributed by atoms with Gasteiger partial charge in [0.25, 0.3) is 0 Å². The molecule has 0 aliphatic carbocycles. The van der Waals surface area contributed by atoms with Gasteiger partial charge in [-0.3, -0.25) is 0 Å². The Morgan fingerprint density at radius 2 is 1.46 bits per heavy atom. The molecule has 2 rings (SSSR count). The first-order chi connectivity index (χ1) is 11.5. The Morgan fingerprint density at radius 1 is 0.917 bits per heavy atom. The van der Waals surface area contributed by atoms with Crippen molar-refractivity contribution in [1.29, 1.82) is 0 Å². The van der Waals surface area contributed by atoms with Crippen molar-refractivity contribution in [2.45, 2.75) is 59.8 Å². The summed E-state index contributed by atoms with van der Waals surface area (Å²) in [4.78, 5) is 0. The third kappa shape index (κ3) is 5.37. The fourth-order valence-electron chi connectivity index (χ4n) is 3.28. The average Bonchev–Trinajstić information content (AvgIpc) is 2.58. The summed E-state index contributed by atoms with van der Waals surface area (Å²) < 4.78 is 0. The molecule has 0 heterocycles. The number of hydrogen-bond donors (Lipinski definition) is 0. The van der Waals surface area contributed by atoms with Gasteiger partial charge in [0, 0.05) is 0 Å². The number of benzene rings is 2. The Hall–Kier alpha value is -1.82. The van der Waals surface area contributed by atoms with Gasteiger partial charge in [-0.15, -0.1) is 0 Å². The van der Waals surface area contributed by atoms with Crippen LogP contribution in [0.15, 0.2) is 54.1 Å². The van der Waals surface area contributed by atoms with Crippen LogP contribution in [-0.4, -0.2) is 0 Å². The molecule has 128 valence electrons. The van der Waals surface area contributed by atoms with Crippen LogP contribution in [0.5, 0.6) is 0 Å². The SMILES string of the molecule is CCC(C)C(CCC(C)=Cc1ccc(C)cc1)c1ccc(C)cc1. The van der Waals surface area contributed by atoms with E-state index in [2.05, 4.69) is 89.2 Å². The minimum atomic E-state index is 0.650. The number of rotatable bonds is 7. The van der Waals surface area contributed by atoms with Crippen LogP contribution in [0.2, 0.25) is 0 Å². The molecule has 0 heteroatoms. The molecule has 2 aromatic carbocycles. The van der Waals surface area contributed by atoms with Gasteiger partial charge < -0.3 is 0 Å². The second kappa shape index (κ2) is 8.87. The van der Waals surface area contributed by atoms with Gasteiger partial charge in [0.1, 0.15) is 0 Å². The molecule has 0 aliphatic rings. The zero-order valence-corrected chi connectivity index (χ0v) is 16.0. The smallest absolute Gasteiger partial charge is 0.0133 e. The van der Waals surface area contributed by atoms with Crippen molar-refractivity contribution in [2.24, 2.45) is 5.92 Å². The highest BCUT2D eigenvalue weighted by Crippen LogP contribution is 2.33. The third-order valence-electron chi connectivity index (χ3n) is 5.18. The highest BCUT2D eigenvalue weighted by atomic mass is 14.2. The molecule has 0 radical (unpaired) electrons. The molecule has 0 amide bonds. The van der Waals surface area contributed by atoms with Crippen molar-refractivity contribution in [3.05, 3.63) is 76.4 Å². The molecular weight excluding hydrogens is 288 g/mol. The first-order valence-corrected chi connectivity index (χ1v) is 9.30. The fourth-order valence-corrected chi connectivity index (χ4v) is 3.28. The van der Waals surface area contributed by atoms with E-state index in [9.17, 15) is 0 Å². The molecule has 0 saturated heterocycles. The lowest BCUT2D eigenvalue weighted by atomic mass is 9.81. The molecule has 0 bridgehead atoms. The van der Waals surface area contributed by atoms with Gasteiger partial charge in [-0.05, 0) is 56.6 Å². The molecule has 24 heavy (non-hydrogen) atoms. The summed E-state index contributed by atoms with van der Waals surface area (Å²) in [5.74, 6) is 1.37. The van der Waals surface area contributed by atoms with E-state index in [0.717, 1.165) is 12.3 Å². The summed E-state index contributed by atoms with van der Waals surface area (Å²) in [6.07, 6.45) is 5.96. The molecule has 2 unspecified atom stereocenters. The molecule has 0 fully saturated rings. The van der Waals surface area contributed by atoms with Crippen LogP contribution in [0, 0.1) is 19.8 Å². The zero-order chi connectivity index (χ0) is 17.5. The van der Waals surface area contributed by atoms with Crippen molar-refractivity contribution >= 4 is 6.08 Å². The Balaban J connectivity index is 2.06. The maximum absolute atomic E-state index is 2.39. The van der Waals surface area contributed by atoms with Crippen LogP contribution >= 0.6 is 0 Å². The van der Waals surface area contributed by atoms with E-state index < -0.39 is 0 Å². The van der Waals surface area contributed by atoms with E-state index in [4.69, 9.17) is 0 Å². The van der Waals surface area contributed by atoms with Gasteiger partial charge in [-0.2, -0.15) is 0 Å². The largest absolute Gasteiger partial charge is 0.0727 e. The fraction of sp³-hybridized carbons (Fsp3) is 0.417. The predicted octanol–water partition coefficient (Wildman–Crippen LogP) is 7.32. The summed E-state index contributed by atoms with van der Waals surface area (Å²) in [6, 6.07) is 18.0. The number of aryl methyl sites for hydroxylation is 2. The third-order valence-corrected chi connectivity index (χ3v) is 5.18. The number of allylic oxidation sites excluding steroid dienone is 1. The van der Waals surface area contributed by atoms with Crippen LogP contribution in [0.3, 0.4) is 0 Å². The molecule has 0 nitrogen and oxygen atoms in total.